The van der Waals surface area contributed by atoms with Crippen LogP contribution in [0.1, 0.15) is 10.5 Å². The van der Waals surface area contributed by atoms with Crippen LogP contribution in [0.3, 0.4) is 0 Å². The molecule has 2 aromatic carbocycles. The van der Waals surface area contributed by atoms with Crippen LogP contribution in [0, 0.1) is 0 Å². The van der Waals surface area contributed by atoms with E-state index in [4.69, 9.17) is 10.5 Å². The molecule has 0 aliphatic rings. The van der Waals surface area contributed by atoms with Gasteiger partial charge >= 0.3 is 0 Å². The molecular formula is C18H15N3O3. The summed E-state index contributed by atoms with van der Waals surface area (Å²) in [6.45, 7) is 0. The predicted octanol–water partition coefficient (Wildman–Crippen LogP) is 3.41. The van der Waals surface area contributed by atoms with Gasteiger partial charge in [-0.3, -0.25) is 4.79 Å². The number of hydrogen-bond acceptors (Lipinski definition) is 5. The highest BCUT2D eigenvalue weighted by molar-refractivity contribution is 6.05. The van der Waals surface area contributed by atoms with Gasteiger partial charge in [0, 0.05) is 11.9 Å². The van der Waals surface area contributed by atoms with Crippen molar-refractivity contribution in [1.82, 2.24) is 4.98 Å². The molecule has 3 rings (SSSR count). The monoisotopic (exact) mass is 321 g/mol. The van der Waals surface area contributed by atoms with E-state index in [-0.39, 0.29) is 17.1 Å². The van der Waals surface area contributed by atoms with Crippen molar-refractivity contribution in [1.29, 1.82) is 0 Å². The van der Waals surface area contributed by atoms with Crippen molar-refractivity contribution in [3.63, 3.8) is 0 Å². The molecule has 0 fully saturated rings. The fourth-order valence-electron chi connectivity index (χ4n) is 2.06. The van der Waals surface area contributed by atoms with Crippen molar-refractivity contribution in [2.45, 2.75) is 0 Å². The number of ether oxygens (including phenoxy) is 1. The number of nitrogens with zero attached hydrogens (tertiary/aromatic N) is 1. The number of rotatable bonds is 4. The van der Waals surface area contributed by atoms with Crippen molar-refractivity contribution < 1.29 is 14.6 Å². The minimum atomic E-state index is -0.545. The molecule has 0 radical (unpaired) electrons. The Morgan fingerprint density at radius 1 is 1.00 bits per heavy atom. The molecule has 0 saturated heterocycles. The van der Waals surface area contributed by atoms with Gasteiger partial charge in [0.1, 0.15) is 11.5 Å². The number of aromatic hydroxyl groups is 1. The van der Waals surface area contributed by atoms with Gasteiger partial charge in [-0.15, -0.1) is 0 Å². The van der Waals surface area contributed by atoms with E-state index in [1.165, 1.54) is 12.3 Å². The Kier molecular flexibility index (Phi) is 4.29. The first-order valence-electron chi connectivity index (χ1n) is 7.21. The summed E-state index contributed by atoms with van der Waals surface area (Å²) < 4.78 is 5.68. The van der Waals surface area contributed by atoms with E-state index in [0.29, 0.717) is 11.4 Å². The molecule has 6 heteroatoms. The molecule has 0 saturated carbocycles. The second kappa shape index (κ2) is 6.70. The van der Waals surface area contributed by atoms with Crippen molar-refractivity contribution in [3.05, 3.63) is 72.6 Å². The van der Waals surface area contributed by atoms with E-state index in [0.717, 1.165) is 5.75 Å². The lowest BCUT2D eigenvalue weighted by atomic mass is 10.2. The van der Waals surface area contributed by atoms with Gasteiger partial charge in [-0.2, -0.15) is 0 Å². The summed E-state index contributed by atoms with van der Waals surface area (Å²) in [4.78, 5) is 16.0. The Bertz CT molecular complexity index is 849. The molecule has 1 heterocycles. The molecule has 1 amide bonds. The number of nitrogen functional groups attached to an aromatic ring is 1. The van der Waals surface area contributed by atoms with Gasteiger partial charge in [0.2, 0.25) is 0 Å². The number of carbonyl (C=O) groups is 1. The molecule has 4 N–H and O–H groups in total. The highest BCUT2D eigenvalue weighted by Crippen LogP contribution is 2.25. The zero-order valence-corrected chi connectivity index (χ0v) is 12.6. The van der Waals surface area contributed by atoms with Crippen LogP contribution in [-0.2, 0) is 0 Å². The number of aromatic nitrogens is 1. The second-order valence-electron chi connectivity index (χ2n) is 4.99. The van der Waals surface area contributed by atoms with Crippen LogP contribution < -0.4 is 15.8 Å². The summed E-state index contributed by atoms with van der Waals surface area (Å²) in [7, 11) is 0. The normalized spacial score (nSPS) is 10.2. The maximum atomic E-state index is 12.1. The standard InChI is InChI=1S/C18H15N3O3/c19-15-10-11-20-16(17(15)22)18(23)21-12-6-8-14(9-7-12)24-13-4-2-1-3-5-13/h1-11,22H,(H2,19,20)(H,21,23). The van der Waals surface area contributed by atoms with Crippen LogP contribution in [0.25, 0.3) is 0 Å². The fourth-order valence-corrected chi connectivity index (χ4v) is 2.06. The first-order valence-corrected chi connectivity index (χ1v) is 7.21. The van der Waals surface area contributed by atoms with Crippen LogP contribution in [0.5, 0.6) is 17.2 Å². The van der Waals surface area contributed by atoms with Crippen molar-refractivity contribution >= 4 is 17.3 Å². The number of benzene rings is 2. The highest BCUT2D eigenvalue weighted by Gasteiger charge is 2.15. The number of nitrogens with one attached hydrogen (secondary N) is 1. The molecule has 0 bridgehead atoms. The average Bonchev–Trinajstić information content (AvgIpc) is 2.60. The van der Waals surface area contributed by atoms with E-state index in [1.54, 1.807) is 24.3 Å². The largest absolute Gasteiger partial charge is 0.504 e. The number of amides is 1. The zero-order chi connectivity index (χ0) is 16.9. The predicted molar refractivity (Wildman–Crippen MR) is 91.2 cm³/mol. The van der Waals surface area contributed by atoms with E-state index < -0.39 is 5.91 Å². The van der Waals surface area contributed by atoms with Gasteiger partial charge in [-0.1, -0.05) is 18.2 Å². The number of para-hydroxylation sites is 1. The summed E-state index contributed by atoms with van der Waals surface area (Å²) in [6, 6.07) is 17.6. The van der Waals surface area contributed by atoms with Gasteiger partial charge in [0.25, 0.3) is 5.91 Å². The molecule has 0 aliphatic heterocycles. The fraction of sp³-hybridized carbons (Fsp3) is 0. The maximum absolute atomic E-state index is 12.1. The Labute approximate surface area is 138 Å². The summed E-state index contributed by atoms with van der Waals surface area (Å²) in [5.41, 5.74) is 6.08. The number of nitrogens with two attached hydrogens (primary N) is 1. The first kappa shape index (κ1) is 15.4. The van der Waals surface area contributed by atoms with E-state index >= 15 is 0 Å². The summed E-state index contributed by atoms with van der Waals surface area (Å²) >= 11 is 0. The van der Waals surface area contributed by atoms with Crippen molar-refractivity contribution in [2.75, 3.05) is 11.1 Å². The molecule has 0 atom stereocenters. The van der Waals surface area contributed by atoms with Gasteiger partial charge in [0.05, 0.1) is 5.69 Å². The smallest absolute Gasteiger partial charge is 0.278 e. The van der Waals surface area contributed by atoms with Crippen LogP contribution in [0.2, 0.25) is 0 Å². The summed E-state index contributed by atoms with van der Waals surface area (Å²) in [6.07, 6.45) is 1.36. The number of pyridine rings is 1. The van der Waals surface area contributed by atoms with E-state index in [2.05, 4.69) is 10.3 Å². The molecule has 24 heavy (non-hydrogen) atoms. The SMILES string of the molecule is Nc1ccnc(C(=O)Nc2ccc(Oc3ccccc3)cc2)c1O. The Balaban J connectivity index is 1.70. The Morgan fingerprint density at radius 3 is 2.38 bits per heavy atom. The molecule has 1 aromatic heterocycles. The third-order valence-electron chi connectivity index (χ3n) is 3.26. The van der Waals surface area contributed by atoms with E-state index in [1.807, 2.05) is 30.3 Å². The molecule has 6 nitrogen and oxygen atoms in total. The molecule has 120 valence electrons. The van der Waals surface area contributed by atoms with Crippen molar-refractivity contribution in [3.8, 4) is 17.2 Å². The minimum absolute atomic E-state index is 0.0989. The Hall–Kier alpha value is -3.54. The van der Waals surface area contributed by atoms with Crippen molar-refractivity contribution in [2.24, 2.45) is 0 Å². The molecule has 0 aliphatic carbocycles. The van der Waals surface area contributed by atoms with Crippen LogP contribution >= 0.6 is 0 Å². The first-order chi connectivity index (χ1) is 11.6. The lowest BCUT2D eigenvalue weighted by molar-refractivity contribution is 0.101. The van der Waals surface area contributed by atoms with Crippen LogP contribution in [0.15, 0.2) is 66.9 Å². The number of carbonyl (C=O) groups excluding carboxylic acids is 1. The average molecular weight is 321 g/mol. The zero-order valence-electron chi connectivity index (χ0n) is 12.6. The van der Waals surface area contributed by atoms with Gasteiger partial charge in [-0.05, 0) is 42.5 Å². The number of hydrogen-bond donors (Lipinski definition) is 3. The molecule has 3 aromatic rings. The summed E-state index contributed by atoms with van der Waals surface area (Å²) in [5.74, 6) is 0.489. The summed E-state index contributed by atoms with van der Waals surface area (Å²) in [5, 5.41) is 12.4. The topological polar surface area (TPSA) is 97.5 Å². The maximum Gasteiger partial charge on any atom is 0.278 e. The molecule has 0 spiro atoms. The van der Waals surface area contributed by atoms with Gasteiger partial charge < -0.3 is 20.9 Å². The third kappa shape index (κ3) is 3.44. The highest BCUT2D eigenvalue weighted by atomic mass is 16.5. The van der Waals surface area contributed by atoms with Crippen LogP contribution in [0.4, 0.5) is 11.4 Å². The lowest BCUT2D eigenvalue weighted by Crippen LogP contribution is -2.14. The minimum Gasteiger partial charge on any atom is -0.504 e. The quantitative estimate of drug-likeness (QED) is 0.684. The van der Waals surface area contributed by atoms with Crippen LogP contribution in [-0.4, -0.2) is 16.0 Å². The Morgan fingerprint density at radius 2 is 1.67 bits per heavy atom. The second-order valence-corrected chi connectivity index (χ2v) is 4.99. The lowest BCUT2D eigenvalue weighted by Gasteiger charge is -2.09. The number of anilines is 2. The van der Waals surface area contributed by atoms with Gasteiger partial charge in [-0.25, -0.2) is 4.98 Å². The van der Waals surface area contributed by atoms with Gasteiger partial charge in [0.15, 0.2) is 11.4 Å². The molecular weight excluding hydrogens is 306 g/mol. The third-order valence-corrected chi connectivity index (χ3v) is 3.26. The molecule has 0 unspecified atom stereocenters. The van der Waals surface area contributed by atoms with E-state index in [9.17, 15) is 9.90 Å².